The summed E-state index contributed by atoms with van der Waals surface area (Å²) in [5.74, 6) is -0.111. The highest BCUT2D eigenvalue weighted by molar-refractivity contribution is 7.10. The number of hydrogen-bond acceptors (Lipinski definition) is 6. The van der Waals surface area contributed by atoms with Gasteiger partial charge in [-0.1, -0.05) is 24.3 Å². The fourth-order valence-electron chi connectivity index (χ4n) is 3.41. The van der Waals surface area contributed by atoms with Gasteiger partial charge in [-0.15, -0.1) is 11.3 Å². The van der Waals surface area contributed by atoms with Crippen LogP contribution in [0.25, 0.3) is 11.5 Å². The third-order valence-electron chi connectivity index (χ3n) is 4.78. The first kappa shape index (κ1) is 18.4. The second-order valence-electron chi connectivity index (χ2n) is 6.63. The van der Waals surface area contributed by atoms with Crippen LogP contribution in [0.1, 0.15) is 40.0 Å². The highest BCUT2D eigenvalue weighted by Gasteiger charge is 2.31. The Kier molecular flexibility index (Phi) is 5.25. The Bertz CT molecular complexity index is 966. The summed E-state index contributed by atoms with van der Waals surface area (Å²) in [6.45, 7) is 2.04. The van der Waals surface area contributed by atoms with Crippen LogP contribution in [0.5, 0.6) is 0 Å². The van der Waals surface area contributed by atoms with Gasteiger partial charge in [-0.05, 0) is 43.3 Å². The first-order valence-corrected chi connectivity index (χ1v) is 10.0. The number of aryl methyl sites for hydroxylation is 1. The summed E-state index contributed by atoms with van der Waals surface area (Å²) in [5, 5.41) is 2.01. The van der Waals surface area contributed by atoms with Gasteiger partial charge >= 0.3 is 5.97 Å². The normalized spacial score (nSPS) is 16.3. The fourth-order valence-corrected chi connectivity index (χ4v) is 4.28. The first-order chi connectivity index (χ1) is 13.6. The molecule has 1 saturated heterocycles. The molecule has 2 aromatic heterocycles. The molecule has 1 aromatic carbocycles. The number of esters is 1. The SMILES string of the molecule is Cc1oc(-c2ccccc2)nc1C(=O)OCC(=O)N1CCC[C@@H]1c1cccs1. The lowest BCUT2D eigenvalue weighted by atomic mass is 10.2. The molecular weight excluding hydrogens is 376 g/mol. The summed E-state index contributed by atoms with van der Waals surface area (Å²) in [6, 6.07) is 13.4. The monoisotopic (exact) mass is 396 g/mol. The van der Waals surface area contributed by atoms with Gasteiger partial charge in [-0.3, -0.25) is 4.79 Å². The average Bonchev–Trinajstić information content (AvgIpc) is 3.46. The van der Waals surface area contributed by atoms with Crippen molar-refractivity contribution in [3.63, 3.8) is 0 Å². The zero-order valence-electron chi connectivity index (χ0n) is 15.5. The van der Waals surface area contributed by atoms with Crippen molar-refractivity contribution in [3.05, 3.63) is 64.2 Å². The van der Waals surface area contributed by atoms with Gasteiger partial charge in [0.1, 0.15) is 5.76 Å². The zero-order valence-corrected chi connectivity index (χ0v) is 16.3. The molecule has 1 atom stereocenters. The van der Waals surface area contributed by atoms with E-state index in [0.717, 1.165) is 23.3 Å². The lowest BCUT2D eigenvalue weighted by Gasteiger charge is -2.23. The Balaban J connectivity index is 1.40. The molecule has 7 heteroatoms. The van der Waals surface area contributed by atoms with Crippen molar-refractivity contribution < 1.29 is 18.7 Å². The topological polar surface area (TPSA) is 72.6 Å². The van der Waals surface area contributed by atoms with E-state index in [-0.39, 0.29) is 24.2 Å². The summed E-state index contributed by atoms with van der Waals surface area (Å²) < 4.78 is 10.8. The summed E-state index contributed by atoms with van der Waals surface area (Å²) in [4.78, 5) is 32.2. The van der Waals surface area contributed by atoms with Gasteiger partial charge in [0.15, 0.2) is 12.3 Å². The fraction of sp³-hybridized carbons (Fsp3) is 0.286. The van der Waals surface area contributed by atoms with Gasteiger partial charge in [-0.2, -0.15) is 0 Å². The predicted molar refractivity (Wildman–Crippen MR) is 105 cm³/mol. The van der Waals surface area contributed by atoms with Gasteiger partial charge in [-0.25, -0.2) is 9.78 Å². The predicted octanol–water partition coefficient (Wildman–Crippen LogP) is 4.23. The minimum atomic E-state index is -0.649. The maximum absolute atomic E-state index is 12.6. The number of oxazole rings is 1. The van der Waals surface area contributed by atoms with Crippen molar-refractivity contribution >= 4 is 23.2 Å². The molecular formula is C21H20N2O4S. The van der Waals surface area contributed by atoms with Crippen molar-refractivity contribution in [1.29, 1.82) is 0 Å². The van der Waals surface area contributed by atoms with Gasteiger partial charge in [0.05, 0.1) is 6.04 Å². The van der Waals surface area contributed by atoms with Crippen LogP contribution in [0.3, 0.4) is 0 Å². The van der Waals surface area contributed by atoms with Crippen LogP contribution in [0, 0.1) is 6.92 Å². The van der Waals surface area contributed by atoms with Crippen LogP contribution in [0.2, 0.25) is 0 Å². The zero-order chi connectivity index (χ0) is 19.5. The first-order valence-electron chi connectivity index (χ1n) is 9.16. The maximum Gasteiger partial charge on any atom is 0.361 e. The van der Waals surface area contributed by atoms with E-state index in [0.29, 0.717) is 18.2 Å². The maximum atomic E-state index is 12.6. The van der Waals surface area contributed by atoms with E-state index >= 15 is 0 Å². The largest absolute Gasteiger partial charge is 0.451 e. The van der Waals surface area contributed by atoms with Crippen molar-refractivity contribution in [2.24, 2.45) is 0 Å². The number of ether oxygens (including phenoxy) is 1. The minimum absolute atomic E-state index is 0.0738. The number of aromatic nitrogens is 1. The lowest BCUT2D eigenvalue weighted by molar-refractivity contribution is -0.135. The van der Waals surface area contributed by atoms with E-state index in [9.17, 15) is 9.59 Å². The van der Waals surface area contributed by atoms with E-state index in [4.69, 9.17) is 9.15 Å². The number of carbonyl (C=O) groups is 2. The van der Waals surface area contributed by atoms with Gasteiger partial charge in [0.25, 0.3) is 5.91 Å². The molecule has 0 bridgehead atoms. The van der Waals surface area contributed by atoms with Crippen LogP contribution >= 0.6 is 11.3 Å². The second kappa shape index (κ2) is 7.98. The van der Waals surface area contributed by atoms with E-state index in [1.54, 1.807) is 23.2 Å². The van der Waals surface area contributed by atoms with Crippen LogP contribution in [-0.4, -0.2) is 34.9 Å². The number of rotatable bonds is 5. The molecule has 144 valence electrons. The summed E-state index contributed by atoms with van der Waals surface area (Å²) in [6.07, 6.45) is 1.88. The Morgan fingerprint density at radius 3 is 2.82 bits per heavy atom. The summed E-state index contributed by atoms with van der Waals surface area (Å²) >= 11 is 1.64. The molecule has 1 aliphatic rings. The molecule has 0 N–H and O–H groups in total. The molecule has 0 radical (unpaired) electrons. The Morgan fingerprint density at radius 2 is 2.07 bits per heavy atom. The number of benzene rings is 1. The molecule has 4 rings (SSSR count). The molecule has 1 amide bonds. The standard InChI is InChI=1S/C21H20N2O4S/c1-14-19(22-20(27-14)15-7-3-2-4-8-15)21(25)26-13-18(24)23-11-5-9-16(23)17-10-6-12-28-17/h2-4,6-8,10,12,16H,5,9,11,13H2,1H3/t16-/m1/s1. The highest BCUT2D eigenvalue weighted by atomic mass is 32.1. The van der Waals surface area contributed by atoms with E-state index in [2.05, 4.69) is 4.98 Å². The van der Waals surface area contributed by atoms with Crippen molar-refractivity contribution in [1.82, 2.24) is 9.88 Å². The van der Waals surface area contributed by atoms with Crippen LogP contribution < -0.4 is 0 Å². The smallest absolute Gasteiger partial charge is 0.361 e. The van der Waals surface area contributed by atoms with Crippen LogP contribution in [0.4, 0.5) is 0 Å². The number of amides is 1. The number of thiophene rings is 1. The highest BCUT2D eigenvalue weighted by Crippen LogP contribution is 2.34. The molecule has 0 saturated carbocycles. The Morgan fingerprint density at radius 1 is 1.25 bits per heavy atom. The number of hydrogen-bond donors (Lipinski definition) is 0. The van der Waals surface area contributed by atoms with Gasteiger partial charge in [0, 0.05) is 17.0 Å². The molecule has 0 spiro atoms. The van der Waals surface area contributed by atoms with Crippen LogP contribution in [0.15, 0.2) is 52.3 Å². The molecule has 6 nitrogen and oxygen atoms in total. The van der Waals surface area contributed by atoms with Gasteiger partial charge in [0.2, 0.25) is 5.89 Å². The minimum Gasteiger partial charge on any atom is -0.451 e. The molecule has 1 fully saturated rings. The van der Waals surface area contributed by atoms with E-state index in [1.807, 2.05) is 47.8 Å². The molecule has 3 heterocycles. The Labute approximate surface area is 166 Å². The Hall–Kier alpha value is -2.93. The summed E-state index contributed by atoms with van der Waals surface area (Å²) in [5.41, 5.74) is 0.875. The number of nitrogens with zero attached hydrogens (tertiary/aromatic N) is 2. The third kappa shape index (κ3) is 3.71. The average molecular weight is 396 g/mol. The van der Waals surface area contributed by atoms with Crippen LogP contribution in [-0.2, 0) is 9.53 Å². The van der Waals surface area contributed by atoms with E-state index in [1.165, 1.54) is 0 Å². The van der Waals surface area contributed by atoms with Crippen molar-refractivity contribution in [2.45, 2.75) is 25.8 Å². The third-order valence-corrected chi connectivity index (χ3v) is 5.76. The van der Waals surface area contributed by atoms with Crippen molar-refractivity contribution in [2.75, 3.05) is 13.2 Å². The molecule has 3 aromatic rings. The van der Waals surface area contributed by atoms with E-state index < -0.39 is 5.97 Å². The number of likely N-dealkylation sites (tertiary alicyclic amines) is 1. The molecule has 0 aliphatic carbocycles. The lowest BCUT2D eigenvalue weighted by Crippen LogP contribution is -2.34. The molecule has 28 heavy (non-hydrogen) atoms. The van der Waals surface area contributed by atoms with Crippen molar-refractivity contribution in [3.8, 4) is 11.5 Å². The molecule has 1 aliphatic heterocycles. The number of carbonyl (C=O) groups excluding carboxylic acids is 2. The second-order valence-corrected chi connectivity index (χ2v) is 7.61. The van der Waals surface area contributed by atoms with Gasteiger partial charge < -0.3 is 14.1 Å². The molecule has 0 unspecified atom stereocenters. The quantitative estimate of drug-likeness (QED) is 0.604. The summed E-state index contributed by atoms with van der Waals surface area (Å²) in [7, 11) is 0.